The number of rotatable bonds is 39. The van der Waals surface area contributed by atoms with E-state index in [1.165, 1.54) is 64.2 Å². The van der Waals surface area contributed by atoms with Crippen molar-refractivity contribution in [2.75, 3.05) is 47.5 Å². The van der Waals surface area contributed by atoms with Crippen molar-refractivity contribution in [1.82, 2.24) is 0 Å². The number of esters is 1. The molecule has 0 fully saturated rings. The predicted molar refractivity (Wildman–Crippen MR) is 245 cm³/mol. The molecule has 0 aromatic carbocycles. The Morgan fingerprint density at radius 2 is 1.27 bits per heavy atom. The van der Waals surface area contributed by atoms with Gasteiger partial charge in [-0.05, 0) is 76.7 Å². The van der Waals surface area contributed by atoms with Gasteiger partial charge >= 0.3 is 13.8 Å². The van der Waals surface area contributed by atoms with Gasteiger partial charge in [0.05, 0.1) is 46.2 Å². The molecule has 1 unspecified atom stereocenters. The monoisotopic (exact) mass is 849 g/mol. The molecule has 0 aliphatic carbocycles. The van der Waals surface area contributed by atoms with E-state index in [4.69, 9.17) is 18.5 Å². The Labute approximate surface area is 359 Å². The molecule has 10 nitrogen and oxygen atoms in total. The minimum atomic E-state index is -4.32. The van der Waals surface area contributed by atoms with Gasteiger partial charge in [0.2, 0.25) is 0 Å². The third kappa shape index (κ3) is 43.1. The van der Waals surface area contributed by atoms with Gasteiger partial charge in [-0.25, -0.2) is 4.57 Å². The third-order valence-corrected chi connectivity index (χ3v) is 9.88. The highest BCUT2D eigenvalue weighted by molar-refractivity contribution is 7.47. The molecule has 0 amide bonds. The predicted octanol–water partition coefficient (Wildman–Crippen LogP) is 11.3. The number of aliphatic hydroxyl groups excluding tert-OH is 2. The smallest absolute Gasteiger partial charge is 0.472 e. The standard InChI is InChI=1S/C48H82NO9P/c1-6-8-10-11-12-13-14-15-16-17-18-19-20-24-27-34-41-55-47(44-58-59(53,54)57-42-40-49(3,4)5)43-56-48(52)39-33-28-32-38-46(51)37-31-26-23-21-22-25-30-36-45(50)35-29-9-7-2/h9,13-14,22-23,25-26,29-32,34,36-38,41,45-47,50-51H,6-8,10-12,15-21,24,27-28,33,35,39-40,42-44H2,1-5H3/p+1/b14-13-,25-22-,26-23-,29-9-,36-30+,37-31+,38-32-,41-34+/t45-,46-,47-/m1/s1. The molecule has 0 aliphatic heterocycles. The van der Waals surface area contributed by atoms with Gasteiger partial charge in [0.1, 0.15) is 19.8 Å². The molecular formula is C48H83NO9P+. The fourth-order valence-corrected chi connectivity index (χ4v) is 6.07. The summed E-state index contributed by atoms with van der Waals surface area (Å²) in [5.74, 6) is -0.420. The summed E-state index contributed by atoms with van der Waals surface area (Å²) in [6.07, 6.45) is 47.6. The molecule has 0 aromatic heterocycles. The molecule has 0 aromatic rings. The van der Waals surface area contributed by atoms with Crippen molar-refractivity contribution in [1.29, 1.82) is 0 Å². The Morgan fingerprint density at radius 1 is 0.661 bits per heavy atom. The van der Waals surface area contributed by atoms with E-state index >= 15 is 0 Å². The number of carbonyl (C=O) groups excluding carboxylic acids is 1. The van der Waals surface area contributed by atoms with E-state index in [2.05, 4.69) is 26.0 Å². The lowest BCUT2D eigenvalue weighted by atomic mass is 10.1. The van der Waals surface area contributed by atoms with Gasteiger partial charge in [-0.2, -0.15) is 0 Å². The van der Waals surface area contributed by atoms with Crippen molar-refractivity contribution in [3.8, 4) is 0 Å². The molecule has 0 saturated carbocycles. The molecule has 0 aliphatic rings. The molecule has 0 heterocycles. The number of aliphatic hydroxyl groups is 2. The molecule has 338 valence electrons. The van der Waals surface area contributed by atoms with Crippen LogP contribution in [0.2, 0.25) is 0 Å². The lowest BCUT2D eigenvalue weighted by Gasteiger charge is -2.24. The number of quaternary nitrogens is 1. The summed E-state index contributed by atoms with van der Waals surface area (Å²) in [6.45, 7) is 4.45. The van der Waals surface area contributed by atoms with E-state index in [-0.39, 0.29) is 26.2 Å². The van der Waals surface area contributed by atoms with Gasteiger partial charge in [-0.1, -0.05) is 144 Å². The van der Waals surface area contributed by atoms with Crippen LogP contribution in [0.5, 0.6) is 0 Å². The highest BCUT2D eigenvalue weighted by atomic mass is 31.2. The topological polar surface area (TPSA) is 132 Å². The molecule has 0 rings (SSSR count). The maximum absolute atomic E-state index is 12.5. The van der Waals surface area contributed by atoms with E-state index in [0.29, 0.717) is 30.3 Å². The van der Waals surface area contributed by atoms with Crippen LogP contribution in [-0.2, 0) is 27.9 Å². The second-order valence-corrected chi connectivity index (χ2v) is 17.3. The molecule has 0 bridgehead atoms. The van der Waals surface area contributed by atoms with E-state index in [1.807, 2.05) is 75.8 Å². The zero-order chi connectivity index (χ0) is 43.7. The van der Waals surface area contributed by atoms with E-state index in [0.717, 1.165) is 32.1 Å². The van der Waals surface area contributed by atoms with Crippen LogP contribution in [0.1, 0.15) is 136 Å². The van der Waals surface area contributed by atoms with Gasteiger partial charge in [-0.15, -0.1) is 0 Å². The fourth-order valence-electron chi connectivity index (χ4n) is 5.33. The maximum atomic E-state index is 12.5. The maximum Gasteiger partial charge on any atom is 0.472 e. The summed E-state index contributed by atoms with van der Waals surface area (Å²) in [4.78, 5) is 22.7. The van der Waals surface area contributed by atoms with Crippen LogP contribution < -0.4 is 0 Å². The molecule has 0 spiro atoms. The first kappa shape index (κ1) is 56.2. The Hall–Kier alpha value is -2.82. The molecule has 59 heavy (non-hydrogen) atoms. The molecular weight excluding hydrogens is 765 g/mol. The van der Waals surface area contributed by atoms with Gasteiger partial charge in [0.15, 0.2) is 6.10 Å². The first-order chi connectivity index (χ1) is 28.4. The first-order valence-corrected chi connectivity index (χ1v) is 23.8. The number of likely N-dealkylation sites (N-methyl/N-ethyl adjacent to an activating group) is 1. The summed E-state index contributed by atoms with van der Waals surface area (Å²) in [7, 11) is 1.54. The number of phosphoric acid groups is 1. The summed E-state index contributed by atoms with van der Waals surface area (Å²) in [6, 6.07) is 0. The summed E-state index contributed by atoms with van der Waals surface area (Å²) >= 11 is 0. The first-order valence-electron chi connectivity index (χ1n) is 22.3. The van der Waals surface area contributed by atoms with Crippen molar-refractivity contribution in [2.24, 2.45) is 0 Å². The number of nitrogens with zero attached hydrogens (tertiary/aromatic N) is 1. The average Bonchev–Trinajstić information content (AvgIpc) is 3.18. The van der Waals surface area contributed by atoms with Crippen LogP contribution in [0.3, 0.4) is 0 Å². The van der Waals surface area contributed by atoms with Gasteiger partial charge in [-0.3, -0.25) is 13.8 Å². The number of unbranched alkanes of at least 4 members (excludes halogenated alkanes) is 12. The Bertz CT molecular complexity index is 1300. The zero-order valence-corrected chi connectivity index (χ0v) is 38.3. The summed E-state index contributed by atoms with van der Waals surface area (Å²) < 4.78 is 34.6. The molecule has 0 saturated heterocycles. The van der Waals surface area contributed by atoms with Gasteiger partial charge in [0.25, 0.3) is 0 Å². The molecule has 3 N–H and O–H groups in total. The minimum Gasteiger partial charge on any atom is -0.492 e. The number of phosphoric ester groups is 1. The Balaban J connectivity index is 4.56. The number of hydrogen-bond donors (Lipinski definition) is 3. The normalized spacial score (nSPS) is 15.7. The van der Waals surface area contributed by atoms with E-state index in [1.54, 1.807) is 30.6 Å². The lowest BCUT2D eigenvalue weighted by Crippen LogP contribution is -2.37. The highest BCUT2D eigenvalue weighted by Gasteiger charge is 2.25. The van der Waals surface area contributed by atoms with Crippen molar-refractivity contribution in [2.45, 2.75) is 154 Å². The largest absolute Gasteiger partial charge is 0.492 e. The average molecular weight is 849 g/mol. The number of carbonyl (C=O) groups is 1. The van der Waals surface area contributed by atoms with E-state index in [9.17, 15) is 24.5 Å². The van der Waals surface area contributed by atoms with Crippen LogP contribution >= 0.6 is 7.82 Å². The molecule has 11 heteroatoms. The minimum absolute atomic E-state index is 0.0500. The fraction of sp³-hybridized carbons (Fsp3) is 0.646. The van der Waals surface area contributed by atoms with Crippen LogP contribution in [-0.4, -0.2) is 91.4 Å². The summed E-state index contributed by atoms with van der Waals surface area (Å²) in [5.41, 5.74) is 0. The second-order valence-electron chi connectivity index (χ2n) is 15.8. The number of ether oxygens (including phenoxy) is 2. The second kappa shape index (κ2) is 39.3. The SMILES string of the molecule is CC/C=C\C[C@@H](O)/C=C/C=C\C/C=C\C=C\[C@@H](O)/C=C\CCCC(=O)OC[C@H](COP(=O)(O)OCC[N+](C)(C)C)O/C=C/CCCCCCCC/C=C\CCCCCC. The zero-order valence-electron chi connectivity index (χ0n) is 37.4. The van der Waals surface area contributed by atoms with Gasteiger partial charge in [0, 0.05) is 6.42 Å². The Morgan fingerprint density at radius 3 is 1.92 bits per heavy atom. The van der Waals surface area contributed by atoms with Crippen molar-refractivity contribution in [3.05, 3.63) is 97.4 Å². The molecule has 0 radical (unpaired) electrons. The number of allylic oxidation sites excluding steroid dienone is 11. The number of hydrogen-bond acceptors (Lipinski definition) is 8. The third-order valence-electron chi connectivity index (χ3n) is 8.89. The quantitative estimate of drug-likeness (QED) is 0.0105. The van der Waals surface area contributed by atoms with Crippen LogP contribution in [0.25, 0.3) is 0 Å². The van der Waals surface area contributed by atoms with Gasteiger partial charge < -0.3 is 29.1 Å². The molecule has 4 atom stereocenters. The van der Waals surface area contributed by atoms with E-state index < -0.39 is 32.1 Å². The highest BCUT2D eigenvalue weighted by Crippen LogP contribution is 2.43. The lowest BCUT2D eigenvalue weighted by molar-refractivity contribution is -0.870. The summed E-state index contributed by atoms with van der Waals surface area (Å²) in [5, 5.41) is 20.0. The van der Waals surface area contributed by atoms with Crippen LogP contribution in [0.15, 0.2) is 97.4 Å². The van der Waals surface area contributed by atoms with Crippen molar-refractivity contribution >= 4 is 13.8 Å². The Kier molecular flexibility index (Phi) is 37.4. The van der Waals surface area contributed by atoms with Crippen LogP contribution in [0.4, 0.5) is 0 Å². The van der Waals surface area contributed by atoms with Crippen molar-refractivity contribution in [3.63, 3.8) is 0 Å². The van der Waals surface area contributed by atoms with Crippen LogP contribution in [0, 0.1) is 0 Å². The van der Waals surface area contributed by atoms with Crippen molar-refractivity contribution < 1.29 is 47.5 Å².